The van der Waals surface area contributed by atoms with Crippen molar-refractivity contribution in [2.45, 2.75) is 26.4 Å². The van der Waals surface area contributed by atoms with E-state index in [4.69, 9.17) is 0 Å². The quantitative estimate of drug-likeness (QED) is 0.837. The highest BCUT2D eigenvalue weighted by atomic mass is 19.4. The SMILES string of the molecule is CC(C)CCNc1cnnc(Nc2ccccc2C(F)(F)F)n1. The van der Waals surface area contributed by atoms with E-state index in [0.29, 0.717) is 18.3 Å². The summed E-state index contributed by atoms with van der Waals surface area (Å²) >= 11 is 0. The summed E-state index contributed by atoms with van der Waals surface area (Å²) in [7, 11) is 0. The van der Waals surface area contributed by atoms with E-state index in [1.807, 2.05) is 0 Å². The molecule has 1 aromatic heterocycles. The van der Waals surface area contributed by atoms with Crippen LogP contribution in [-0.2, 0) is 6.18 Å². The minimum Gasteiger partial charge on any atom is -0.369 e. The van der Waals surface area contributed by atoms with Crippen molar-refractivity contribution in [2.75, 3.05) is 17.2 Å². The number of nitrogens with one attached hydrogen (secondary N) is 2. The number of alkyl halides is 3. The number of hydrogen-bond donors (Lipinski definition) is 2. The second-order valence-electron chi connectivity index (χ2n) is 5.44. The van der Waals surface area contributed by atoms with Crippen LogP contribution in [-0.4, -0.2) is 21.7 Å². The van der Waals surface area contributed by atoms with Crippen LogP contribution in [0.1, 0.15) is 25.8 Å². The molecular formula is C15H18F3N5. The van der Waals surface area contributed by atoms with Gasteiger partial charge in [0.15, 0.2) is 5.82 Å². The minimum absolute atomic E-state index is 0.0104. The van der Waals surface area contributed by atoms with Crippen LogP contribution < -0.4 is 10.6 Å². The molecule has 23 heavy (non-hydrogen) atoms. The standard InChI is InChI=1S/C15H18F3N5/c1-10(2)7-8-19-13-9-20-23-14(22-13)21-12-6-4-3-5-11(12)15(16,17)18/h3-6,9-10H,7-8H2,1-2H3,(H2,19,21,22,23). The van der Waals surface area contributed by atoms with Gasteiger partial charge in [-0.3, -0.25) is 0 Å². The Kier molecular flexibility index (Phi) is 5.36. The number of rotatable bonds is 6. The summed E-state index contributed by atoms with van der Waals surface area (Å²) in [6.07, 6.45) is -2.07. The Morgan fingerprint density at radius 2 is 1.91 bits per heavy atom. The highest BCUT2D eigenvalue weighted by molar-refractivity contribution is 5.59. The van der Waals surface area contributed by atoms with Gasteiger partial charge in [-0.1, -0.05) is 26.0 Å². The van der Waals surface area contributed by atoms with Crippen molar-refractivity contribution in [2.24, 2.45) is 5.92 Å². The predicted octanol–water partition coefficient (Wildman–Crippen LogP) is 4.09. The van der Waals surface area contributed by atoms with Gasteiger partial charge in [-0.15, -0.1) is 5.10 Å². The molecule has 0 unspecified atom stereocenters. The van der Waals surface area contributed by atoms with Crippen LogP contribution >= 0.6 is 0 Å². The van der Waals surface area contributed by atoms with Crippen LogP contribution in [0.3, 0.4) is 0 Å². The fourth-order valence-electron chi connectivity index (χ4n) is 1.89. The summed E-state index contributed by atoms with van der Waals surface area (Å²) in [4.78, 5) is 4.12. The first-order chi connectivity index (χ1) is 10.9. The normalized spacial score (nSPS) is 11.6. The Morgan fingerprint density at radius 1 is 1.17 bits per heavy atom. The van der Waals surface area contributed by atoms with E-state index in [1.54, 1.807) is 0 Å². The fourth-order valence-corrected chi connectivity index (χ4v) is 1.89. The van der Waals surface area contributed by atoms with E-state index in [0.717, 1.165) is 12.5 Å². The molecule has 1 aromatic carbocycles. The first kappa shape index (κ1) is 17.0. The molecule has 1 heterocycles. The third kappa shape index (κ3) is 5.08. The van der Waals surface area contributed by atoms with Gasteiger partial charge in [0.05, 0.1) is 17.4 Å². The van der Waals surface area contributed by atoms with Crippen molar-refractivity contribution in [1.82, 2.24) is 15.2 Å². The second-order valence-corrected chi connectivity index (χ2v) is 5.44. The molecule has 0 amide bonds. The minimum atomic E-state index is -4.45. The van der Waals surface area contributed by atoms with Crippen molar-refractivity contribution in [3.63, 3.8) is 0 Å². The molecule has 0 aliphatic carbocycles. The molecule has 0 radical (unpaired) electrons. The third-order valence-electron chi connectivity index (χ3n) is 3.07. The van der Waals surface area contributed by atoms with Gasteiger partial charge in [0.2, 0.25) is 5.95 Å². The first-order valence-corrected chi connectivity index (χ1v) is 7.23. The molecule has 8 heteroatoms. The number of benzene rings is 1. The van der Waals surface area contributed by atoms with E-state index in [2.05, 4.69) is 39.7 Å². The number of para-hydroxylation sites is 1. The van der Waals surface area contributed by atoms with Crippen LogP contribution in [0.25, 0.3) is 0 Å². The molecule has 5 nitrogen and oxygen atoms in total. The average Bonchev–Trinajstić information content (AvgIpc) is 2.47. The van der Waals surface area contributed by atoms with E-state index in [1.165, 1.54) is 24.4 Å². The van der Waals surface area contributed by atoms with Gasteiger partial charge in [0.25, 0.3) is 0 Å². The Hall–Kier alpha value is -2.38. The lowest BCUT2D eigenvalue weighted by Gasteiger charge is -2.13. The second kappa shape index (κ2) is 7.26. The Labute approximate surface area is 132 Å². The Morgan fingerprint density at radius 3 is 2.61 bits per heavy atom. The van der Waals surface area contributed by atoms with E-state index < -0.39 is 11.7 Å². The molecular weight excluding hydrogens is 307 g/mol. The van der Waals surface area contributed by atoms with Gasteiger partial charge >= 0.3 is 6.18 Å². The van der Waals surface area contributed by atoms with Gasteiger partial charge in [-0.05, 0) is 24.5 Å². The first-order valence-electron chi connectivity index (χ1n) is 7.23. The lowest BCUT2D eigenvalue weighted by Crippen LogP contribution is -2.11. The maximum atomic E-state index is 13.0. The molecule has 0 aliphatic heterocycles. The lowest BCUT2D eigenvalue weighted by molar-refractivity contribution is -0.136. The largest absolute Gasteiger partial charge is 0.418 e. The summed E-state index contributed by atoms with van der Waals surface area (Å²) in [5.41, 5.74) is -0.886. The van der Waals surface area contributed by atoms with Crippen molar-refractivity contribution in [3.05, 3.63) is 36.0 Å². The molecule has 0 saturated heterocycles. The van der Waals surface area contributed by atoms with Crippen LogP contribution in [0.2, 0.25) is 0 Å². The number of halogens is 3. The highest BCUT2D eigenvalue weighted by Crippen LogP contribution is 2.35. The zero-order valence-electron chi connectivity index (χ0n) is 12.9. The van der Waals surface area contributed by atoms with Gasteiger partial charge in [0.1, 0.15) is 0 Å². The van der Waals surface area contributed by atoms with E-state index in [9.17, 15) is 13.2 Å². The summed E-state index contributed by atoms with van der Waals surface area (Å²) in [5.74, 6) is 1.01. The molecule has 0 atom stereocenters. The number of hydrogen-bond acceptors (Lipinski definition) is 5. The molecule has 124 valence electrons. The summed E-state index contributed by atoms with van der Waals surface area (Å²) < 4.78 is 38.9. The Balaban J connectivity index is 2.12. The van der Waals surface area contributed by atoms with Crippen molar-refractivity contribution in [1.29, 1.82) is 0 Å². The van der Waals surface area contributed by atoms with E-state index >= 15 is 0 Å². The number of aromatic nitrogens is 3. The van der Waals surface area contributed by atoms with Crippen LogP contribution in [0.4, 0.5) is 30.6 Å². The average molecular weight is 325 g/mol. The maximum Gasteiger partial charge on any atom is 0.418 e. The van der Waals surface area contributed by atoms with Gasteiger partial charge in [0, 0.05) is 6.54 Å². The third-order valence-corrected chi connectivity index (χ3v) is 3.07. The van der Waals surface area contributed by atoms with Crippen LogP contribution in [0.5, 0.6) is 0 Å². The maximum absolute atomic E-state index is 13.0. The molecule has 0 spiro atoms. The van der Waals surface area contributed by atoms with Crippen molar-refractivity contribution in [3.8, 4) is 0 Å². The fraction of sp³-hybridized carbons (Fsp3) is 0.400. The smallest absolute Gasteiger partial charge is 0.369 e. The number of anilines is 3. The van der Waals surface area contributed by atoms with Crippen LogP contribution in [0.15, 0.2) is 30.5 Å². The van der Waals surface area contributed by atoms with Crippen molar-refractivity contribution < 1.29 is 13.2 Å². The summed E-state index contributed by atoms with van der Waals surface area (Å²) in [5, 5.41) is 13.1. The van der Waals surface area contributed by atoms with Gasteiger partial charge in [-0.25, -0.2) is 0 Å². The lowest BCUT2D eigenvalue weighted by atomic mass is 10.1. The molecule has 0 bridgehead atoms. The molecule has 2 N–H and O–H groups in total. The molecule has 0 fully saturated rings. The predicted molar refractivity (Wildman–Crippen MR) is 82.5 cm³/mol. The molecule has 0 saturated carbocycles. The van der Waals surface area contributed by atoms with Gasteiger partial charge < -0.3 is 10.6 Å². The molecule has 0 aliphatic rings. The number of nitrogens with zero attached hydrogens (tertiary/aromatic N) is 3. The van der Waals surface area contributed by atoms with Gasteiger partial charge in [-0.2, -0.15) is 23.3 Å². The van der Waals surface area contributed by atoms with Crippen LogP contribution in [0, 0.1) is 5.92 Å². The molecule has 2 aromatic rings. The summed E-state index contributed by atoms with van der Waals surface area (Å²) in [6.45, 7) is 4.90. The highest BCUT2D eigenvalue weighted by Gasteiger charge is 2.33. The van der Waals surface area contributed by atoms with Crippen molar-refractivity contribution >= 4 is 17.5 Å². The zero-order chi connectivity index (χ0) is 16.9. The zero-order valence-corrected chi connectivity index (χ0v) is 12.9. The molecule has 2 rings (SSSR count). The summed E-state index contributed by atoms with van der Waals surface area (Å²) in [6, 6.07) is 5.16. The monoisotopic (exact) mass is 325 g/mol. The Bertz CT molecular complexity index is 643. The van der Waals surface area contributed by atoms with E-state index in [-0.39, 0.29) is 11.6 Å². The topological polar surface area (TPSA) is 62.7 Å².